The van der Waals surface area contributed by atoms with E-state index in [1.807, 2.05) is 49.9 Å². The Morgan fingerprint density at radius 3 is 2.20 bits per heavy atom. The molecule has 2 saturated heterocycles. The maximum Gasteiger partial charge on any atom is 0.256 e. The van der Waals surface area contributed by atoms with Crippen LogP contribution >= 0.6 is 0 Å². The van der Waals surface area contributed by atoms with Crippen LogP contribution < -0.4 is 4.90 Å². The molecule has 2 unspecified atom stereocenters. The topological polar surface area (TPSA) is 80.0 Å². The molecule has 2 aliphatic heterocycles. The number of hydrogen-bond donors (Lipinski definition) is 0. The number of benzene rings is 1. The average molecular weight is 403 g/mol. The SMILES string of the molecule is Cc1ccc(C(=O)N2CC3CCC(C2)N3c2nc(C)cc(C)n2)c(-n2nccn2)c1. The zero-order valence-electron chi connectivity index (χ0n) is 17.5. The zero-order valence-corrected chi connectivity index (χ0v) is 17.5. The summed E-state index contributed by atoms with van der Waals surface area (Å²) >= 11 is 0. The molecule has 0 aliphatic carbocycles. The highest BCUT2D eigenvalue weighted by atomic mass is 16.2. The summed E-state index contributed by atoms with van der Waals surface area (Å²) in [5.41, 5.74) is 4.37. The van der Waals surface area contributed by atoms with E-state index in [1.165, 1.54) is 4.80 Å². The molecule has 2 fully saturated rings. The van der Waals surface area contributed by atoms with Gasteiger partial charge in [0.1, 0.15) is 0 Å². The van der Waals surface area contributed by atoms with Crippen LogP contribution in [0.3, 0.4) is 0 Å². The van der Waals surface area contributed by atoms with Crippen LogP contribution in [0.15, 0.2) is 36.7 Å². The standard InChI is InChI=1S/C22H25N7O/c1-14-4-7-19(20(10-14)29-23-8-9-24-29)21(30)27-12-17-5-6-18(13-27)28(17)22-25-15(2)11-16(3)26-22/h4,7-11,17-18H,5-6,12-13H2,1-3H3. The normalized spacial score (nSPS) is 20.6. The summed E-state index contributed by atoms with van der Waals surface area (Å²) in [4.78, 5) is 28.7. The lowest BCUT2D eigenvalue weighted by molar-refractivity contribution is 0.0716. The van der Waals surface area contributed by atoms with Crippen LogP contribution in [0.2, 0.25) is 0 Å². The maximum absolute atomic E-state index is 13.5. The van der Waals surface area contributed by atoms with Crippen molar-refractivity contribution in [3.8, 4) is 5.69 Å². The van der Waals surface area contributed by atoms with Crippen LogP contribution in [0.4, 0.5) is 5.95 Å². The number of anilines is 1. The van der Waals surface area contributed by atoms with Gasteiger partial charge in [-0.15, -0.1) is 0 Å². The molecular formula is C22H25N7O. The summed E-state index contributed by atoms with van der Waals surface area (Å²) in [6.07, 6.45) is 5.34. The van der Waals surface area contributed by atoms with Gasteiger partial charge in [-0.3, -0.25) is 4.79 Å². The van der Waals surface area contributed by atoms with Crippen LogP contribution in [0, 0.1) is 20.8 Å². The Labute approximate surface area is 175 Å². The predicted octanol–water partition coefficient (Wildman–Crippen LogP) is 2.48. The number of nitrogens with zero attached hydrogens (tertiary/aromatic N) is 7. The first-order chi connectivity index (χ1) is 14.5. The van der Waals surface area contributed by atoms with Crippen molar-refractivity contribution < 1.29 is 4.79 Å². The molecule has 0 N–H and O–H groups in total. The number of fused-ring (bicyclic) bond motifs is 2. The number of aromatic nitrogens is 5. The predicted molar refractivity (Wildman–Crippen MR) is 113 cm³/mol. The third kappa shape index (κ3) is 3.22. The highest BCUT2D eigenvalue weighted by molar-refractivity contribution is 5.98. The minimum atomic E-state index is 0.0280. The van der Waals surface area contributed by atoms with Gasteiger partial charge in [-0.25, -0.2) is 9.97 Å². The summed E-state index contributed by atoms with van der Waals surface area (Å²) in [5.74, 6) is 0.823. The number of amides is 1. The molecule has 2 atom stereocenters. The number of carbonyl (C=O) groups excluding carboxylic acids is 1. The summed E-state index contributed by atoms with van der Waals surface area (Å²) < 4.78 is 0. The lowest BCUT2D eigenvalue weighted by atomic mass is 10.1. The molecule has 30 heavy (non-hydrogen) atoms. The van der Waals surface area contributed by atoms with Crippen LogP contribution in [0.5, 0.6) is 0 Å². The van der Waals surface area contributed by atoms with E-state index in [4.69, 9.17) is 0 Å². The van der Waals surface area contributed by atoms with Crippen molar-refractivity contribution in [2.45, 2.75) is 45.7 Å². The van der Waals surface area contributed by atoms with Gasteiger partial charge in [0.25, 0.3) is 5.91 Å². The number of rotatable bonds is 3. The Hall–Kier alpha value is -3.29. The van der Waals surface area contributed by atoms with Gasteiger partial charge in [-0.2, -0.15) is 15.0 Å². The van der Waals surface area contributed by atoms with E-state index in [-0.39, 0.29) is 18.0 Å². The van der Waals surface area contributed by atoms with E-state index < -0.39 is 0 Å². The second kappa shape index (κ2) is 7.19. The highest BCUT2D eigenvalue weighted by Crippen LogP contribution is 2.34. The summed E-state index contributed by atoms with van der Waals surface area (Å²) in [6.45, 7) is 7.35. The highest BCUT2D eigenvalue weighted by Gasteiger charge is 2.43. The Morgan fingerprint density at radius 2 is 1.57 bits per heavy atom. The van der Waals surface area contributed by atoms with E-state index in [9.17, 15) is 4.79 Å². The third-order valence-electron chi connectivity index (χ3n) is 5.99. The second-order valence-electron chi connectivity index (χ2n) is 8.29. The molecule has 8 nitrogen and oxygen atoms in total. The number of aryl methyl sites for hydroxylation is 3. The van der Waals surface area contributed by atoms with Gasteiger partial charge < -0.3 is 9.80 Å². The molecule has 2 bridgehead atoms. The van der Waals surface area contributed by atoms with Crippen LogP contribution in [-0.4, -0.2) is 60.9 Å². The quantitative estimate of drug-likeness (QED) is 0.668. The van der Waals surface area contributed by atoms with Crippen molar-refractivity contribution in [2.75, 3.05) is 18.0 Å². The van der Waals surface area contributed by atoms with Gasteiger partial charge in [0.05, 0.1) is 23.6 Å². The first-order valence-corrected chi connectivity index (χ1v) is 10.4. The molecule has 3 aromatic rings. The summed E-state index contributed by atoms with van der Waals surface area (Å²) in [7, 11) is 0. The molecule has 154 valence electrons. The average Bonchev–Trinajstić information content (AvgIpc) is 3.33. The fraction of sp³-hybridized carbons (Fsp3) is 0.409. The van der Waals surface area contributed by atoms with Crippen molar-refractivity contribution in [3.05, 3.63) is 59.2 Å². The number of piperazine rings is 1. The van der Waals surface area contributed by atoms with E-state index in [2.05, 4.69) is 25.1 Å². The van der Waals surface area contributed by atoms with Crippen molar-refractivity contribution in [2.24, 2.45) is 0 Å². The lowest BCUT2D eigenvalue weighted by Crippen LogP contribution is -2.56. The smallest absolute Gasteiger partial charge is 0.256 e. The fourth-order valence-electron chi connectivity index (χ4n) is 4.72. The molecular weight excluding hydrogens is 378 g/mol. The maximum atomic E-state index is 13.5. The molecule has 2 aromatic heterocycles. The van der Waals surface area contributed by atoms with Gasteiger partial charge in [0, 0.05) is 36.6 Å². The number of carbonyl (C=O) groups is 1. The largest absolute Gasteiger partial charge is 0.334 e. The Balaban J connectivity index is 1.43. The van der Waals surface area contributed by atoms with Gasteiger partial charge in [-0.1, -0.05) is 6.07 Å². The number of likely N-dealkylation sites (tertiary alicyclic amines) is 1. The van der Waals surface area contributed by atoms with Gasteiger partial charge in [0.2, 0.25) is 5.95 Å². The van der Waals surface area contributed by atoms with E-state index in [0.717, 1.165) is 41.4 Å². The van der Waals surface area contributed by atoms with Crippen molar-refractivity contribution in [1.82, 2.24) is 29.9 Å². The Bertz CT molecular complexity index is 1060. The first-order valence-electron chi connectivity index (χ1n) is 10.4. The van der Waals surface area contributed by atoms with Gasteiger partial charge in [-0.05, 0) is 57.4 Å². The molecule has 1 amide bonds. The van der Waals surface area contributed by atoms with E-state index in [1.54, 1.807) is 12.4 Å². The van der Waals surface area contributed by atoms with E-state index in [0.29, 0.717) is 18.7 Å². The Morgan fingerprint density at radius 1 is 0.933 bits per heavy atom. The van der Waals surface area contributed by atoms with Crippen LogP contribution in [0.1, 0.15) is 40.2 Å². The van der Waals surface area contributed by atoms with Crippen molar-refractivity contribution >= 4 is 11.9 Å². The third-order valence-corrected chi connectivity index (χ3v) is 5.99. The zero-order chi connectivity index (χ0) is 20.8. The second-order valence-corrected chi connectivity index (χ2v) is 8.29. The molecule has 0 radical (unpaired) electrons. The summed E-state index contributed by atoms with van der Waals surface area (Å²) in [5, 5.41) is 8.47. The van der Waals surface area contributed by atoms with Gasteiger partial charge >= 0.3 is 0 Å². The minimum absolute atomic E-state index is 0.0280. The monoisotopic (exact) mass is 403 g/mol. The molecule has 8 heteroatoms. The number of hydrogen-bond acceptors (Lipinski definition) is 6. The molecule has 0 saturated carbocycles. The summed E-state index contributed by atoms with van der Waals surface area (Å²) in [6, 6.07) is 8.29. The lowest BCUT2D eigenvalue weighted by Gasteiger charge is -2.41. The van der Waals surface area contributed by atoms with Crippen molar-refractivity contribution in [1.29, 1.82) is 0 Å². The molecule has 0 spiro atoms. The first kappa shape index (κ1) is 18.7. The molecule has 4 heterocycles. The van der Waals surface area contributed by atoms with E-state index >= 15 is 0 Å². The van der Waals surface area contributed by atoms with Crippen molar-refractivity contribution in [3.63, 3.8) is 0 Å². The van der Waals surface area contributed by atoms with Crippen LogP contribution in [0.25, 0.3) is 5.69 Å². The Kier molecular flexibility index (Phi) is 4.49. The minimum Gasteiger partial charge on any atom is -0.334 e. The molecule has 1 aromatic carbocycles. The van der Waals surface area contributed by atoms with Crippen LogP contribution in [-0.2, 0) is 0 Å². The fourth-order valence-corrected chi connectivity index (χ4v) is 4.72. The molecule has 2 aliphatic rings. The van der Waals surface area contributed by atoms with Gasteiger partial charge in [0.15, 0.2) is 0 Å². The molecule has 5 rings (SSSR count).